The van der Waals surface area contributed by atoms with E-state index in [1.807, 2.05) is 42.1 Å². The summed E-state index contributed by atoms with van der Waals surface area (Å²) in [6, 6.07) is 11.6. The van der Waals surface area contributed by atoms with Crippen molar-refractivity contribution in [2.75, 3.05) is 25.0 Å². The number of aromatic nitrogens is 3. The number of hydrogen-bond donors (Lipinski definition) is 2. The molecule has 0 unspecified atom stereocenters. The van der Waals surface area contributed by atoms with Crippen molar-refractivity contribution in [1.82, 2.24) is 19.9 Å². The van der Waals surface area contributed by atoms with E-state index in [1.165, 1.54) is 12.1 Å². The highest BCUT2D eigenvalue weighted by molar-refractivity contribution is 5.77. The summed E-state index contributed by atoms with van der Waals surface area (Å²) in [4.78, 5) is 20.5. The fourth-order valence-corrected chi connectivity index (χ4v) is 2.41. The lowest BCUT2D eigenvalue weighted by atomic mass is 10.3. The lowest BCUT2D eigenvalue weighted by molar-refractivity contribution is -0.123. The summed E-state index contributed by atoms with van der Waals surface area (Å²) in [6.45, 7) is 2.43. The first-order valence-electron chi connectivity index (χ1n) is 8.49. The van der Waals surface area contributed by atoms with Crippen LogP contribution in [0.5, 0.6) is 5.75 Å². The van der Waals surface area contributed by atoms with Crippen LogP contribution in [0.25, 0.3) is 5.82 Å². The lowest BCUT2D eigenvalue weighted by Gasteiger charge is -2.10. The second-order valence-corrected chi connectivity index (χ2v) is 5.74. The molecule has 0 bridgehead atoms. The number of carbonyl (C=O) groups is 1. The monoisotopic (exact) mass is 369 g/mol. The van der Waals surface area contributed by atoms with Crippen LogP contribution in [-0.4, -0.2) is 40.1 Å². The molecule has 2 aromatic heterocycles. The molecule has 2 N–H and O–H groups in total. The summed E-state index contributed by atoms with van der Waals surface area (Å²) in [5.41, 5.74) is 0. The molecule has 3 aromatic rings. The predicted molar refractivity (Wildman–Crippen MR) is 99.5 cm³/mol. The zero-order valence-corrected chi connectivity index (χ0v) is 14.9. The van der Waals surface area contributed by atoms with Crippen LogP contribution in [0.3, 0.4) is 0 Å². The maximum atomic E-state index is 13.4. The van der Waals surface area contributed by atoms with E-state index >= 15 is 0 Å². The Morgan fingerprint density at radius 2 is 1.93 bits per heavy atom. The zero-order chi connectivity index (χ0) is 19.1. The molecule has 0 radical (unpaired) electrons. The van der Waals surface area contributed by atoms with Crippen molar-refractivity contribution in [3.8, 4) is 11.6 Å². The van der Waals surface area contributed by atoms with Crippen molar-refractivity contribution < 1.29 is 13.9 Å². The number of carbonyl (C=O) groups excluding carboxylic acids is 1. The number of benzene rings is 1. The van der Waals surface area contributed by atoms with Crippen LogP contribution in [0, 0.1) is 12.7 Å². The van der Waals surface area contributed by atoms with E-state index in [-0.39, 0.29) is 18.3 Å². The number of halogens is 1. The Labute approximate surface area is 156 Å². The molecule has 0 aliphatic rings. The molecule has 1 aromatic carbocycles. The number of amides is 1. The Kier molecular flexibility index (Phi) is 5.98. The summed E-state index contributed by atoms with van der Waals surface area (Å²) in [6.07, 6.45) is 3.81. The van der Waals surface area contributed by atoms with Gasteiger partial charge in [0.1, 0.15) is 17.5 Å². The topological polar surface area (TPSA) is 81.1 Å². The van der Waals surface area contributed by atoms with Gasteiger partial charge in [-0.3, -0.25) is 4.79 Å². The van der Waals surface area contributed by atoms with E-state index in [1.54, 1.807) is 12.1 Å². The summed E-state index contributed by atoms with van der Waals surface area (Å²) >= 11 is 0. The van der Waals surface area contributed by atoms with Crippen LogP contribution in [0.15, 0.2) is 54.9 Å². The quantitative estimate of drug-likeness (QED) is 0.596. The highest BCUT2D eigenvalue weighted by Crippen LogP contribution is 2.15. The van der Waals surface area contributed by atoms with Gasteiger partial charge >= 0.3 is 0 Å². The average Bonchev–Trinajstić information content (AvgIpc) is 3.19. The van der Waals surface area contributed by atoms with E-state index in [4.69, 9.17) is 4.74 Å². The van der Waals surface area contributed by atoms with Gasteiger partial charge in [0.2, 0.25) is 0 Å². The van der Waals surface area contributed by atoms with Crippen LogP contribution in [-0.2, 0) is 4.79 Å². The van der Waals surface area contributed by atoms with Gasteiger partial charge in [0, 0.05) is 31.5 Å². The molecule has 1 amide bonds. The number of para-hydroxylation sites is 1. The molecule has 7 nitrogen and oxygen atoms in total. The van der Waals surface area contributed by atoms with E-state index in [0.29, 0.717) is 24.7 Å². The molecule has 3 rings (SSSR count). The van der Waals surface area contributed by atoms with Gasteiger partial charge in [-0.2, -0.15) is 0 Å². The number of rotatable bonds is 8. The highest BCUT2D eigenvalue weighted by Gasteiger charge is 2.06. The molecule has 0 saturated carbocycles. The average molecular weight is 369 g/mol. The molecule has 2 heterocycles. The third-order valence-corrected chi connectivity index (χ3v) is 3.64. The molecule has 27 heavy (non-hydrogen) atoms. The van der Waals surface area contributed by atoms with Gasteiger partial charge in [0.05, 0.1) is 0 Å². The van der Waals surface area contributed by atoms with Gasteiger partial charge in [-0.25, -0.2) is 14.4 Å². The first-order valence-corrected chi connectivity index (χ1v) is 8.49. The Morgan fingerprint density at radius 3 is 2.70 bits per heavy atom. The molecule has 140 valence electrons. The van der Waals surface area contributed by atoms with Gasteiger partial charge in [-0.15, -0.1) is 0 Å². The van der Waals surface area contributed by atoms with Gasteiger partial charge in [0.15, 0.2) is 18.2 Å². The third kappa shape index (κ3) is 5.27. The van der Waals surface area contributed by atoms with Gasteiger partial charge in [-0.1, -0.05) is 12.1 Å². The summed E-state index contributed by atoms with van der Waals surface area (Å²) in [5.74, 6) is 1.31. The fraction of sp³-hybridized carbons (Fsp3) is 0.211. The minimum atomic E-state index is -0.496. The number of anilines is 1. The number of nitrogens with zero attached hydrogens (tertiary/aromatic N) is 3. The standard InChI is InChI=1S/C19H20FN5O2/c1-14-23-17(12-18(24-14)25-10-4-5-11-25)21-8-9-22-19(26)13-27-16-7-3-2-6-15(16)20/h2-7,10-12H,8-9,13H2,1H3,(H,22,26)(H,21,23,24). The van der Waals surface area contributed by atoms with Crippen LogP contribution in [0.2, 0.25) is 0 Å². The maximum Gasteiger partial charge on any atom is 0.258 e. The minimum Gasteiger partial charge on any atom is -0.481 e. The van der Waals surface area contributed by atoms with Crippen LogP contribution in [0.1, 0.15) is 5.82 Å². The number of ether oxygens (including phenoxy) is 1. The summed E-state index contributed by atoms with van der Waals surface area (Å²) < 4.78 is 20.5. The Morgan fingerprint density at radius 1 is 1.15 bits per heavy atom. The highest BCUT2D eigenvalue weighted by atomic mass is 19.1. The van der Waals surface area contributed by atoms with E-state index < -0.39 is 5.82 Å². The van der Waals surface area contributed by atoms with Crippen molar-refractivity contribution in [3.05, 3.63) is 66.5 Å². The zero-order valence-electron chi connectivity index (χ0n) is 14.9. The van der Waals surface area contributed by atoms with E-state index in [0.717, 1.165) is 5.82 Å². The lowest BCUT2D eigenvalue weighted by Crippen LogP contribution is -2.32. The SMILES string of the molecule is Cc1nc(NCCNC(=O)COc2ccccc2F)cc(-n2cccc2)n1. The van der Waals surface area contributed by atoms with Gasteiger partial charge in [-0.05, 0) is 31.2 Å². The van der Waals surface area contributed by atoms with Crippen LogP contribution < -0.4 is 15.4 Å². The second kappa shape index (κ2) is 8.79. The van der Waals surface area contributed by atoms with Gasteiger partial charge in [0.25, 0.3) is 5.91 Å². The number of hydrogen-bond acceptors (Lipinski definition) is 5. The molecular formula is C19H20FN5O2. The molecule has 0 saturated heterocycles. The van der Waals surface area contributed by atoms with Crippen molar-refractivity contribution in [2.45, 2.75) is 6.92 Å². The first-order chi connectivity index (χ1) is 13.1. The molecule has 0 spiro atoms. The summed E-state index contributed by atoms with van der Waals surface area (Å²) in [5, 5.41) is 5.85. The van der Waals surface area contributed by atoms with Crippen molar-refractivity contribution in [1.29, 1.82) is 0 Å². The van der Waals surface area contributed by atoms with E-state index in [9.17, 15) is 9.18 Å². The molecule has 0 fully saturated rings. The molecule has 0 aliphatic carbocycles. The first kappa shape index (κ1) is 18.4. The van der Waals surface area contributed by atoms with Crippen molar-refractivity contribution >= 4 is 11.7 Å². The van der Waals surface area contributed by atoms with Crippen LogP contribution in [0.4, 0.5) is 10.2 Å². The number of nitrogens with one attached hydrogen (secondary N) is 2. The Hall–Kier alpha value is -3.42. The van der Waals surface area contributed by atoms with Crippen LogP contribution >= 0.6 is 0 Å². The Balaban J connectivity index is 1.43. The minimum absolute atomic E-state index is 0.0553. The van der Waals surface area contributed by atoms with Gasteiger partial charge < -0.3 is 19.9 Å². The normalized spacial score (nSPS) is 10.4. The van der Waals surface area contributed by atoms with Crippen molar-refractivity contribution in [2.24, 2.45) is 0 Å². The number of aryl methyl sites for hydroxylation is 1. The molecular weight excluding hydrogens is 349 g/mol. The smallest absolute Gasteiger partial charge is 0.258 e. The summed E-state index contributed by atoms with van der Waals surface area (Å²) in [7, 11) is 0. The largest absolute Gasteiger partial charge is 0.481 e. The molecule has 0 aliphatic heterocycles. The third-order valence-electron chi connectivity index (χ3n) is 3.64. The molecule has 8 heteroatoms. The molecule has 0 atom stereocenters. The fourth-order valence-electron chi connectivity index (χ4n) is 2.41. The Bertz CT molecular complexity index is 899. The predicted octanol–water partition coefficient (Wildman–Crippen LogP) is 2.32. The van der Waals surface area contributed by atoms with E-state index in [2.05, 4.69) is 20.6 Å². The maximum absolute atomic E-state index is 13.4. The second-order valence-electron chi connectivity index (χ2n) is 5.74. The van der Waals surface area contributed by atoms with Crippen molar-refractivity contribution in [3.63, 3.8) is 0 Å².